The molecule has 2 heterocycles. The summed E-state index contributed by atoms with van der Waals surface area (Å²) in [7, 11) is 0. The van der Waals surface area contributed by atoms with Crippen molar-refractivity contribution in [3.8, 4) is 0 Å². The van der Waals surface area contributed by atoms with E-state index < -0.39 is 36.0 Å². The molecule has 25 heavy (non-hydrogen) atoms. The lowest BCUT2D eigenvalue weighted by atomic mass is 9.93. The van der Waals surface area contributed by atoms with E-state index in [4.69, 9.17) is 4.74 Å². The maximum atomic E-state index is 11.8. The van der Waals surface area contributed by atoms with Crippen molar-refractivity contribution >= 4 is 22.9 Å². The van der Waals surface area contributed by atoms with Crippen molar-refractivity contribution in [2.45, 2.75) is 37.4 Å². The van der Waals surface area contributed by atoms with E-state index in [1.165, 1.54) is 6.07 Å². The zero-order chi connectivity index (χ0) is 18.1. The molecule has 1 aromatic carbocycles. The lowest BCUT2D eigenvalue weighted by molar-refractivity contribution is -0.180. The molecule has 5 atom stereocenters. The summed E-state index contributed by atoms with van der Waals surface area (Å²) in [5.74, 6) is 0. The number of benzene rings is 1. The SMILES string of the molecule is CC1OC(CO)C(O)C(O)C1Nc1ccc2cc(C=O)c(=O)[nH]c2c1. The number of hydrogen-bond acceptors (Lipinski definition) is 7. The summed E-state index contributed by atoms with van der Waals surface area (Å²) in [6, 6.07) is 6.04. The number of aromatic amines is 1. The Morgan fingerprint density at radius 2 is 2.04 bits per heavy atom. The van der Waals surface area contributed by atoms with Crippen molar-refractivity contribution in [2.75, 3.05) is 11.9 Å². The highest BCUT2D eigenvalue weighted by Gasteiger charge is 2.42. The number of pyridine rings is 1. The molecule has 1 fully saturated rings. The number of aromatic nitrogens is 1. The third-order valence-corrected chi connectivity index (χ3v) is 4.51. The Labute approximate surface area is 143 Å². The quantitative estimate of drug-likeness (QED) is 0.476. The summed E-state index contributed by atoms with van der Waals surface area (Å²) in [5, 5.41) is 33.3. The van der Waals surface area contributed by atoms with Gasteiger partial charge in [-0.05, 0) is 30.5 Å². The van der Waals surface area contributed by atoms with Gasteiger partial charge in [0.05, 0.1) is 29.8 Å². The normalized spacial score (nSPS) is 29.5. The predicted octanol–water partition coefficient (Wildman–Crippen LogP) is -0.378. The van der Waals surface area contributed by atoms with Gasteiger partial charge in [-0.25, -0.2) is 0 Å². The van der Waals surface area contributed by atoms with Crippen molar-refractivity contribution in [1.29, 1.82) is 0 Å². The molecule has 0 aliphatic carbocycles. The van der Waals surface area contributed by atoms with Gasteiger partial charge in [-0.3, -0.25) is 9.59 Å². The smallest absolute Gasteiger partial charge is 0.259 e. The van der Waals surface area contributed by atoms with Crippen molar-refractivity contribution in [3.05, 3.63) is 40.2 Å². The Hall–Kier alpha value is -2.26. The number of aliphatic hydroxyl groups excluding tert-OH is 3. The fraction of sp³-hybridized carbons (Fsp3) is 0.412. The van der Waals surface area contributed by atoms with Crippen LogP contribution in [-0.2, 0) is 4.74 Å². The van der Waals surface area contributed by atoms with E-state index in [1.807, 2.05) is 0 Å². The Morgan fingerprint density at radius 3 is 2.72 bits per heavy atom. The number of rotatable bonds is 4. The molecule has 1 aliphatic heterocycles. The van der Waals surface area contributed by atoms with E-state index in [9.17, 15) is 24.9 Å². The number of carbonyl (C=O) groups is 1. The van der Waals surface area contributed by atoms with Crippen LogP contribution in [0.15, 0.2) is 29.1 Å². The monoisotopic (exact) mass is 348 g/mol. The maximum Gasteiger partial charge on any atom is 0.259 e. The molecule has 8 heteroatoms. The molecule has 5 N–H and O–H groups in total. The lowest BCUT2D eigenvalue weighted by Crippen LogP contribution is -2.60. The van der Waals surface area contributed by atoms with E-state index >= 15 is 0 Å². The minimum absolute atomic E-state index is 0.0519. The van der Waals surface area contributed by atoms with E-state index in [0.717, 1.165) is 0 Å². The summed E-state index contributed by atoms with van der Waals surface area (Å²) in [4.78, 5) is 25.2. The van der Waals surface area contributed by atoms with E-state index in [1.54, 1.807) is 25.1 Å². The molecule has 0 radical (unpaired) electrons. The fourth-order valence-corrected chi connectivity index (χ4v) is 3.09. The Bertz CT molecular complexity index is 835. The van der Waals surface area contributed by atoms with Crippen LogP contribution in [0.25, 0.3) is 10.9 Å². The molecule has 1 aromatic heterocycles. The number of fused-ring (bicyclic) bond motifs is 1. The standard InChI is InChI=1S/C17H20N2O6/c1-8-14(16(23)15(22)13(7-21)25-8)18-11-3-2-9-4-10(6-20)17(24)19-12(9)5-11/h2-6,8,13-16,18,21-23H,7H2,1H3,(H,19,24). The molecule has 3 rings (SSSR count). The Morgan fingerprint density at radius 1 is 1.28 bits per heavy atom. The second-order valence-corrected chi connectivity index (χ2v) is 6.19. The molecule has 2 aromatic rings. The second kappa shape index (κ2) is 6.93. The summed E-state index contributed by atoms with van der Waals surface area (Å²) >= 11 is 0. The first-order chi connectivity index (χ1) is 11.9. The molecule has 5 unspecified atom stereocenters. The summed E-state index contributed by atoms with van der Waals surface area (Å²) in [5.41, 5.74) is 0.718. The zero-order valence-corrected chi connectivity index (χ0v) is 13.5. The van der Waals surface area contributed by atoms with Gasteiger partial charge in [0.15, 0.2) is 6.29 Å². The molecular formula is C17H20N2O6. The molecule has 1 saturated heterocycles. The summed E-state index contributed by atoms with van der Waals surface area (Å²) in [6.07, 6.45) is -3.14. The second-order valence-electron chi connectivity index (χ2n) is 6.19. The van der Waals surface area contributed by atoms with Crippen LogP contribution >= 0.6 is 0 Å². The minimum atomic E-state index is -1.21. The molecule has 1 aliphatic rings. The molecule has 134 valence electrons. The van der Waals surface area contributed by atoms with E-state index in [2.05, 4.69) is 10.3 Å². The Kier molecular flexibility index (Phi) is 4.87. The van der Waals surface area contributed by atoms with Gasteiger partial charge in [0.25, 0.3) is 5.56 Å². The van der Waals surface area contributed by atoms with Crippen molar-refractivity contribution in [1.82, 2.24) is 4.98 Å². The highest BCUT2D eigenvalue weighted by molar-refractivity contribution is 5.87. The number of aldehydes is 1. The van der Waals surface area contributed by atoms with Crippen LogP contribution in [0.5, 0.6) is 0 Å². The Balaban J connectivity index is 1.87. The van der Waals surface area contributed by atoms with Gasteiger partial charge in [0.2, 0.25) is 0 Å². The van der Waals surface area contributed by atoms with Gasteiger partial charge in [0.1, 0.15) is 18.3 Å². The number of hydrogen-bond donors (Lipinski definition) is 5. The van der Waals surface area contributed by atoms with Crippen molar-refractivity contribution in [2.24, 2.45) is 0 Å². The fourth-order valence-electron chi connectivity index (χ4n) is 3.09. The maximum absolute atomic E-state index is 11.8. The van der Waals surface area contributed by atoms with Crippen LogP contribution in [0, 0.1) is 0 Å². The third kappa shape index (κ3) is 3.29. The number of aliphatic hydroxyl groups is 3. The summed E-state index contributed by atoms with van der Waals surface area (Å²) < 4.78 is 5.52. The van der Waals surface area contributed by atoms with Crippen molar-refractivity contribution in [3.63, 3.8) is 0 Å². The van der Waals surface area contributed by atoms with Crippen LogP contribution in [0.1, 0.15) is 17.3 Å². The largest absolute Gasteiger partial charge is 0.394 e. The minimum Gasteiger partial charge on any atom is -0.394 e. The van der Waals surface area contributed by atoms with Crippen LogP contribution < -0.4 is 10.9 Å². The topological polar surface area (TPSA) is 132 Å². The number of H-pyrrole nitrogens is 1. The molecule has 8 nitrogen and oxygen atoms in total. The van der Waals surface area contributed by atoms with E-state index in [0.29, 0.717) is 22.9 Å². The number of carbonyl (C=O) groups excluding carboxylic acids is 1. The summed E-state index contributed by atoms with van der Waals surface area (Å²) in [6.45, 7) is 1.35. The van der Waals surface area contributed by atoms with Crippen LogP contribution in [-0.4, -0.2) is 63.7 Å². The van der Waals surface area contributed by atoms with Crippen LogP contribution in [0.4, 0.5) is 5.69 Å². The molecular weight excluding hydrogens is 328 g/mol. The van der Waals surface area contributed by atoms with Crippen LogP contribution in [0.3, 0.4) is 0 Å². The van der Waals surface area contributed by atoms with Gasteiger partial charge < -0.3 is 30.4 Å². The van der Waals surface area contributed by atoms with E-state index in [-0.39, 0.29) is 12.2 Å². The lowest BCUT2D eigenvalue weighted by Gasteiger charge is -2.41. The zero-order valence-electron chi connectivity index (χ0n) is 13.5. The van der Waals surface area contributed by atoms with Crippen molar-refractivity contribution < 1.29 is 24.9 Å². The number of ether oxygens (including phenoxy) is 1. The van der Waals surface area contributed by atoms with Gasteiger partial charge in [-0.15, -0.1) is 0 Å². The third-order valence-electron chi connectivity index (χ3n) is 4.51. The molecule has 0 spiro atoms. The molecule has 0 saturated carbocycles. The highest BCUT2D eigenvalue weighted by atomic mass is 16.5. The van der Waals surface area contributed by atoms with Gasteiger partial charge in [-0.2, -0.15) is 0 Å². The van der Waals surface area contributed by atoms with Gasteiger partial charge >= 0.3 is 0 Å². The number of nitrogens with one attached hydrogen (secondary N) is 2. The molecule has 0 bridgehead atoms. The highest BCUT2D eigenvalue weighted by Crippen LogP contribution is 2.25. The average Bonchev–Trinajstić information content (AvgIpc) is 2.61. The average molecular weight is 348 g/mol. The first-order valence-corrected chi connectivity index (χ1v) is 7.96. The predicted molar refractivity (Wildman–Crippen MR) is 90.8 cm³/mol. The van der Waals surface area contributed by atoms with Gasteiger partial charge in [0, 0.05) is 5.69 Å². The number of anilines is 1. The first-order valence-electron chi connectivity index (χ1n) is 7.96. The van der Waals surface area contributed by atoms with Crippen LogP contribution in [0.2, 0.25) is 0 Å². The first kappa shape index (κ1) is 17.6. The van der Waals surface area contributed by atoms with Gasteiger partial charge in [-0.1, -0.05) is 6.07 Å². The molecule has 0 amide bonds.